The molecule has 2 aliphatic rings. The number of rotatable bonds is 6. The minimum Gasteiger partial charge on any atom is -0.0619 e. The quantitative estimate of drug-likeness (QED) is 0.376. The van der Waals surface area contributed by atoms with Gasteiger partial charge in [-0.25, -0.2) is 0 Å². The smallest absolute Gasteiger partial charge is 0.0619 e. The molecular weight excluding hydrogens is 368 g/mol. The van der Waals surface area contributed by atoms with Gasteiger partial charge in [0, 0.05) is 5.41 Å². The Morgan fingerprint density at radius 2 is 1.21 bits per heavy atom. The summed E-state index contributed by atoms with van der Waals surface area (Å²) in [5, 5.41) is 0. The van der Waals surface area contributed by atoms with Crippen LogP contribution in [0.3, 0.4) is 0 Å². The van der Waals surface area contributed by atoms with Gasteiger partial charge >= 0.3 is 0 Å². The second kappa shape index (κ2) is 8.40. The number of hydrogen-bond donors (Lipinski definition) is 0. The van der Waals surface area contributed by atoms with Gasteiger partial charge in [0.15, 0.2) is 9.79 Å². The molecule has 0 saturated heterocycles. The summed E-state index contributed by atoms with van der Waals surface area (Å²) in [6, 6.07) is 32.1. The third kappa shape index (κ3) is 4.16. The van der Waals surface area contributed by atoms with Crippen LogP contribution < -0.4 is 0 Å². The lowest BCUT2D eigenvalue weighted by molar-refractivity contribution is 0.443. The molecule has 0 bridgehead atoms. The zero-order valence-corrected chi connectivity index (χ0v) is 18.0. The van der Waals surface area contributed by atoms with Crippen molar-refractivity contribution in [3.8, 4) is 0 Å². The molecule has 2 aliphatic carbocycles. The second-order valence-corrected chi connectivity index (χ2v) is 10.9. The van der Waals surface area contributed by atoms with E-state index < -0.39 is 0 Å². The van der Waals surface area contributed by atoms with E-state index in [1.807, 2.05) is 0 Å². The van der Waals surface area contributed by atoms with Crippen molar-refractivity contribution in [3.63, 3.8) is 0 Å². The van der Waals surface area contributed by atoms with E-state index in [0.29, 0.717) is 5.41 Å². The van der Waals surface area contributed by atoms with Gasteiger partial charge in [0.25, 0.3) is 0 Å². The predicted octanol–water partition coefficient (Wildman–Crippen LogP) is 7.50. The first kappa shape index (κ1) is 19.0. The second-order valence-electron chi connectivity index (χ2n) is 8.90. The molecule has 1 heteroatoms. The summed E-state index contributed by atoms with van der Waals surface area (Å²) in [7, 11) is 0.132. The van der Waals surface area contributed by atoms with Crippen LogP contribution in [0, 0.1) is 0 Å². The van der Waals surface area contributed by atoms with E-state index in [9.17, 15) is 0 Å². The molecule has 0 heterocycles. The van der Waals surface area contributed by atoms with Crippen LogP contribution in [0.5, 0.6) is 0 Å². The lowest BCUT2D eigenvalue weighted by Gasteiger charge is -2.23. The van der Waals surface area contributed by atoms with Crippen LogP contribution in [-0.4, -0.2) is 5.75 Å². The van der Waals surface area contributed by atoms with Crippen molar-refractivity contribution in [2.24, 2.45) is 0 Å². The largest absolute Gasteiger partial charge is 0.160 e. The molecule has 0 N–H and O–H groups in total. The molecule has 0 atom stereocenters. The SMILES string of the molecule is c1ccc([S+](CC2(c3ccc(C4CCCCC4)cc3)CC2)c2ccccc2)cc1. The highest BCUT2D eigenvalue weighted by Crippen LogP contribution is 2.51. The molecule has 2 saturated carbocycles. The van der Waals surface area contributed by atoms with Crippen molar-refractivity contribution in [3.05, 3.63) is 96.1 Å². The molecule has 2 fully saturated rings. The van der Waals surface area contributed by atoms with E-state index in [2.05, 4.69) is 84.9 Å². The minimum absolute atomic E-state index is 0.132. The van der Waals surface area contributed by atoms with Crippen LogP contribution in [0.2, 0.25) is 0 Å². The molecule has 0 nitrogen and oxygen atoms in total. The van der Waals surface area contributed by atoms with Crippen molar-refractivity contribution < 1.29 is 0 Å². The predicted molar refractivity (Wildman–Crippen MR) is 125 cm³/mol. The fourth-order valence-corrected chi connectivity index (χ4v) is 7.55. The third-order valence-corrected chi connectivity index (χ3v) is 9.45. The van der Waals surface area contributed by atoms with Gasteiger partial charge in [-0.05, 0) is 67.0 Å². The Hall–Kier alpha value is -1.99. The first-order valence-electron chi connectivity index (χ1n) is 11.3. The molecular formula is C28H31S+. The van der Waals surface area contributed by atoms with E-state index in [4.69, 9.17) is 0 Å². The average molecular weight is 400 g/mol. The molecule has 0 aliphatic heterocycles. The van der Waals surface area contributed by atoms with Gasteiger partial charge < -0.3 is 0 Å². The Bertz CT molecular complexity index is 864. The third-order valence-electron chi connectivity index (χ3n) is 6.93. The van der Waals surface area contributed by atoms with E-state index >= 15 is 0 Å². The van der Waals surface area contributed by atoms with Gasteiger partial charge in [-0.3, -0.25) is 0 Å². The molecule has 0 aromatic heterocycles. The molecule has 0 radical (unpaired) electrons. The topological polar surface area (TPSA) is 0 Å². The van der Waals surface area contributed by atoms with Gasteiger partial charge in [-0.15, -0.1) is 0 Å². The fraction of sp³-hybridized carbons (Fsp3) is 0.357. The van der Waals surface area contributed by atoms with Gasteiger partial charge in [-0.2, -0.15) is 0 Å². The summed E-state index contributed by atoms with van der Waals surface area (Å²) in [5.41, 5.74) is 3.52. The van der Waals surface area contributed by atoms with Crippen LogP contribution in [0.1, 0.15) is 62.0 Å². The van der Waals surface area contributed by atoms with Crippen LogP contribution in [0.4, 0.5) is 0 Å². The zero-order chi connectivity index (χ0) is 19.5. The molecule has 29 heavy (non-hydrogen) atoms. The summed E-state index contributed by atoms with van der Waals surface area (Å²) in [5.74, 6) is 2.04. The molecule has 3 aromatic carbocycles. The average Bonchev–Trinajstić information content (AvgIpc) is 3.60. The van der Waals surface area contributed by atoms with Gasteiger partial charge in [0.1, 0.15) is 5.75 Å². The van der Waals surface area contributed by atoms with Crippen molar-refractivity contribution in [1.29, 1.82) is 0 Å². The van der Waals surface area contributed by atoms with Gasteiger partial charge in [-0.1, -0.05) is 79.9 Å². The first-order chi connectivity index (χ1) is 14.3. The maximum Gasteiger partial charge on any atom is 0.160 e. The molecule has 0 unspecified atom stereocenters. The van der Waals surface area contributed by atoms with Crippen molar-refractivity contribution >= 4 is 10.9 Å². The van der Waals surface area contributed by atoms with E-state index in [1.54, 1.807) is 11.1 Å². The van der Waals surface area contributed by atoms with Crippen molar-refractivity contribution in [1.82, 2.24) is 0 Å². The van der Waals surface area contributed by atoms with Crippen LogP contribution in [0.15, 0.2) is 94.7 Å². The van der Waals surface area contributed by atoms with Crippen LogP contribution in [-0.2, 0) is 16.3 Å². The van der Waals surface area contributed by atoms with Crippen LogP contribution in [0.25, 0.3) is 0 Å². The number of hydrogen-bond acceptors (Lipinski definition) is 0. The Morgan fingerprint density at radius 1 is 0.655 bits per heavy atom. The molecule has 0 amide bonds. The highest BCUT2D eigenvalue weighted by molar-refractivity contribution is 7.97. The molecule has 0 spiro atoms. The summed E-state index contributed by atoms with van der Waals surface area (Å²) in [6.45, 7) is 0. The monoisotopic (exact) mass is 399 g/mol. The summed E-state index contributed by atoms with van der Waals surface area (Å²) in [6.07, 6.45) is 9.68. The summed E-state index contributed by atoms with van der Waals surface area (Å²) >= 11 is 0. The highest BCUT2D eigenvalue weighted by atomic mass is 32.2. The summed E-state index contributed by atoms with van der Waals surface area (Å²) in [4.78, 5) is 2.95. The van der Waals surface area contributed by atoms with E-state index in [-0.39, 0.29) is 10.9 Å². The maximum atomic E-state index is 2.47. The molecule has 148 valence electrons. The first-order valence-corrected chi connectivity index (χ1v) is 12.6. The van der Waals surface area contributed by atoms with E-state index in [1.165, 1.54) is 60.5 Å². The van der Waals surface area contributed by atoms with Crippen molar-refractivity contribution in [2.45, 2.75) is 66.1 Å². The fourth-order valence-electron chi connectivity index (χ4n) is 4.96. The zero-order valence-electron chi connectivity index (χ0n) is 17.2. The lowest BCUT2D eigenvalue weighted by Crippen LogP contribution is -2.22. The normalized spacial score (nSPS) is 18.7. The standard InChI is InChI=1S/C28H31S/c1-4-10-23(11-5-1)24-16-18-25(19-17-24)28(20-21-28)22-29(26-12-6-2-7-13-26)27-14-8-3-9-15-27/h2-3,6-9,12-19,23H,1,4-5,10-11,20-22H2/q+1. The highest BCUT2D eigenvalue weighted by Gasteiger charge is 2.50. The van der Waals surface area contributed by atoms with E-state index in [0.717, 1.165) is 5.92 Å². The van der Waals surface area contributed by atoms with Gasteiger partial charge in [0.2, 0.25) is 0 Å². The minimum atomic E-state index is 0.132. The maximum absolute atomic E-state index is 2.47. The Morgan fingerprint density at radius 3 is 1.72 bits per heavy atom. The van der Waals surface area contributed by atoms with Crippen molar-refractivity contribution in [2.75, 3.05) is 5.75 Å². The molecule has 3 aromatic rings. The van der Waals surface area contributed by atoms with Gasteiger partial charge in [0.05, 0.1) is 10.9 Å². The Labute approximate surface area is 178 Å². The Balaban J connectivity index is 1.40. The summed E-state index contributed by atoms with van der Waals surface area (Å²) < 4.78 is 0. The lowest BCUT2D eigenvalue weighted by atomic mass is 9.83. The molecule has 5 rings (SSSR count). The number of benzene rings is 3. The van der Waals surface area contributed by atoms with Crippen LogP contribution >= 0.6 is 0 Å². The Kier molecular flexibility index (Phi) is 5.50.